The summed E-state index contributed by atoms with van der Waals surface area (Å²) in [7, 11) is -9.94. The summed E-state index contributed by atoms with van der Waals surface area (Å²) < 4.78 is 68.7. The van der Waals surface area contributed by atoms with Crippen LogP contribution in [0.4, 0.5) is 0 Å². The highest BCUT2D eigenvalue weighted by atomic mass is 31.2. The van der Waals surface area contributed by atoms with Gasteiger partial charge in [0.05, 0.1) is 26.4 Å². The molecule has 596 valence electrons. The van der Waals surface area contributed by atoms with Gasteiger partial charge >= 0.3 is 39.5 Å². The highest BCUT2D eigenvalue weighted by Crippen LogP contribution is 2.45. The Kier molecular flexibility index (Phi) is 70.0. The first-order chi connectivity index (χ1) is 48.8. The summed E-state index contributed by atoms with van der Waals surface area (Å²) in [5.74, 6) is 0.211. The van der Waals surface area contributed by atoms with Crippen LogP contribution < -0.4 is 0 Å². The fourth-order valence-electron chi connectivity index (χ4n) is 12.1. The van der Waals surface area contributed by atoms with Crippen molar-refractivity contribution in [3.8, 4) is 0 Å². The van der Waals surface area contributed by atoms with Crippen molar-refractivity contribution in [2.24, 2.45) is 17.8 Å². The normalized spacial score (nSPS) is 14.4. The molecule has 3 N–H and O–H groups in total. The Labute approximate surface area is 618 Å². The third-order valence-electron chi connectivity index (χ3n) is 18.9. The number of unbranched alkanes of at least 4 members (excludes halogenated alkanes) is 42. The summed E-state index contributed by atoms with van der Waals surface area (Å²) in [4.78, 5) is 73.0. The van der Waals surface area contributed by atoms with E-state index in [2.05, 4.69) is 72.8 Å². The van der Waals surface area contributed by atoms with E-state index in [4.69, 9.17) is 37.0 Å². The van der Waals surface area contributed by atoms with Gasteiger partial charge in [0, 0.05) is 25.7 Å². The summed E-state index contributed by atoms with van der Waals surface area (Å²) in [6.07, 6.45) is 63.2. The van der Waals surface area contributed by atoms with Crippen molar-refractivity contribution in [3.05, 3.63) is 24.3 Å². The molecule has 0 saturated carbocycles. The van der Waals surface area contributed by atoms with E-state index in [-0.39, 0.29) is 25.7 Å². The number of aliphatic hydroxyl groups is 1. The number of phosphoric acid groups is 2. The predicted molar refractivity (Wildman–Crippen MR) is 414 cm³/mol. The maximum absolute atomic E-state index is 13.1. The summed E-state index contributed by atoms with van der Waals surface area (Å²) in [5.41, 5.74) is 0. The van der Waals surface area contributed by atoms with Gasteiger partial charge in [-0.2, -0.15) is 0 Å². The molecule has 0 radical (unpaired) electrons. The van der Waals surface area contributed by atoms with Crippen molar-refractivity contribution in [1.29, 1.82) is 0 Å². The fourth-order valence-corrected chi connectivity index (χ4v) is 13.7. The van der Waals surface area contributed by atoms with Gasteiger partial charge in [-0.1, -0.05) is 349 Å². The van der Waals surface area contributed by atoms with Crippen molar-refractivity contribution in [2.75, 3.05) is 39.6 Å². The monoisotopic (exact) mass is 1480 g/mol. The van der Waals surface area contributed by atoms with Crippen LogP contribution in [0.5, 0.6) is 0 Å². The van der Waals surface area contributed by atoms with Gasteiger partial charge in [0.2, 0.25) is 0 Å². The molecule has 0 fully saturated rings. The highest BCUT2D eigenvalue weighted by Gasteiger charge is 2.30. The molecular weight excluding hydrogens is 1320 g/mol. The molecule has 0 aliphatic rings. The second kappa shape index (κ2) is 71.8. The molecule has 17 nitrogen and oxygen atoms in total. The van der Waals surface area contributed by atoms with Crippen molar-refractivity contribution >= 4 is 39.5 Å². The lowest BCUT2D eigenvalue weighted by Gasteiger charge is -2.21. The molecule has 0 aliphatic heterocycles. The van der Waals surface area contributed by atoms with Gasteiger partial charge in [-0.25, -0.2) is 9.13 Å². The first kappa shape index (κ1) is 98.5. The van der Waals surface area contributed by atoms with Crippen LogP contribution in [0.25, 0.3) is 0 Å². The molecule has 0 aliphatic carbocycles. The van der Waals surface area contributed by atoms with E-state index in [9.17, 15) is 43.2 Å². The first-order valence-electron chi connectivity index (χ1n) is 41.7. The standard InChI is InChI=1S/C82H156O17P2/c1-8-10-11-12-13-14-15-16-18-26-31-36-43-51-58-65-81(86)98-77(69-92-79(84)63-56-49-42-35-30-25-20-17-19-23-28-33-39-46-53-60-73(3)4)71-96-100(88,89)94-67-76(83)68-95-101(90,91)97-72-78(70-93-80(85)64-57-50-45-38-40-47-54-61-74(5)6)99-82(87)66-59-52-44-37-32-27-22-21-24-29-34-41-48-55-62-75(7)9-2/h14-16,18,73-78,83H,8-13,17,19-72H2,1-7H3,(H,88,89)(H,90,91)/b15-14-,18-16-/t75?,76?,77-,78-/m1/s1. The van der Waals surface area contributed by atoms with Crippen molar-refractivity contribution in [3.63, 3.8) is 0 Å². The molecule has 19 heteroatoms. The van der Waals surface area contributed by atoms with Crippen molar-refractivity contribution < 1.29 is 80.2 Å². The van der Waals surface area contributed by atoms with Gasteiger partial charge in [0.1, 0.15) is 19.3 Å². The summed E-state index contributed by atoms with van der Waals surface area (Å²) >= 11 is 0. The predicted octanol–water partition coefficient (Wildman–Crippen LogP) is 24.1. The number of esters is 4. The van der Waals surface area contributed by atoms with Crippen LogP contribution in [0.3, 0.4) is 0 Å². The minimum Gasteiger partial charge on any atom is -0.462 e. The second-order valence-corrected chi connectivity index (χ2v) is 32.9. The Morgan fingerprint density at radius 1 is 0.327 bits per heavy atom. The van der Waals surface area contributed by atoms with E-state index in [0.717, 1.165) is 121 Å². The maximum Gasteiger partial charge on any atom is 0.472 e. The highest BCUT2D eigenvalue weighted by molar-refractivity contribution is 7.47. The number of hydrogen-bond acceptors (Lipinski definition) is 15. The lowest BCUT2D eigenvalue weighted by Crippen LogP contribution is -2.30. The molecule has 101 heavy (non-hydrogen) atoms. The molecule has 4 unspecified atom stereocenters. The van der Waals surface area contributed by atoms with E-state index in [1.807, 2.05) is 0 Å². The van der Waals surface area contributed by atoms with Crippen LogP contribution in [0.2, 0.25) is 0 Å². The maximum atomic E-state index is 13.1. The Morgan fingerprint density at radius 2 is 0.584 bits per heavy atom. The molecule has 0 aromatic carbocycles. The average Bonchev–Trinajstić information content (AvgIpc) is 0.963. The van der Waals surface area contributed by atoms with E-state index in [1.54, 1.807) is 0 Å². The lowest BCUT2D eigenvalue weighted by molar-refractivity contribution is -0.161. The van der Waals surface area contributed by atoms with Crippen LogP contribution in [-0.4, -0.2) is 96.7 Å². The minimum absolute atomic E-state index is 0.0851. The largest absolute Gasteiger partial charge is 0.472 e. The topological polar surface area (TPSA) is 237 Å². The van der Waals surface area contributed by atoms with E-state index in [0.29, 0.717) is 31.6 Å². The number of carbonyl (C=O) groups is 4. The molecule has 0 bridgehead atoms. The zero-order valence-electron chi connectivity index (χ0n) is 65.9. The molecule has 0 heterocycles. The first-order valence-corrected chi connectivity index (χ1v) is 44.7. The Balaban J connectivity index is 5.26. The van der Waals surface area contributed by atoms with Crippen LogP contribution in [0.15, 0.2) is 24.3 Å². The van der Waals surface area contributed by atoms with Gasteiger partial charge < -0.3 is 33.8 Å². The second-order valence-electron chi connectivity index (χ2n) is 30.0. The molecule has 0 aromatic rings. The zero-order valence-corrected chi connectivity index (χ0v) is 67.6. The summed E-state index contributed by atoms with van der Waals surface area (Å²) in [6.45, 7) is 11.9. The number of allylic oxidation sites excluding steroid dienone is 4. The number of aliphatic hydroxyl groups excluding tert-OH is 1. The summed E-state index contributed by atoms with van der Waals surface area (Å²) in [5, 5.41) is 10.6. The van der Waals surface area contributed by atoms with Gasteiger partial charge in [-0.05, 0) is 69.1 Å². The smallest absolute Gasteiger partial charge is 0.462 e. The van der Waals surface area contributed by atoms with E-state index < -0.39 is 97.5 Å². The molecule has 6 atom stereocenters. The van der Waals surface area contributed by atoms with E-state index in [1.165, 1.54) is 193 Å². The van der Waals surface area contributed by atoms with Gasteiger partial charge in [0.15, 0.2) is 12.2 Å². The van der Waals surface area contributed by atoms with Crippen LogP contribution in [0, 0.1) is 17.8 Å². The lowest BCUT2D eigenvalue weighted by atomic mass is 9.99. The van der Waals surface area contributed by atoms with E-state index >= 15 is 0 Å². The van der Waals surface area contributed by atoms with Crippen molar-refractivity contribution in [2.45, 2.75) is 420 Å². The van der Waals surface area contributed by atoms with Crippen LogP contribution >= 0.6 is 15.6 Å². The Bertz CT molecular complexity index is 2050. The molecule has 0 aromatic heterocycles. The molecular formula is C82H156O17P2. The molecule has 0 spiro atoms. The SMILES string of the molecule is CCCCCC/C=C\C=C/CCCCCCCC(=O)O[C@H](COC(=O)CCCCCCCCCCCCCCCCCC(C)C)COP(=O)(O)OCC(O)COP(=O)(O)OC[C@@H](COC(=O)CCCCCCCCCC(C)C)OC(=O)CCCCCCCCCCCCCCCCC(C)CC. The third kappa shape index (κ3) is 74.2. The molecule has 0 amide bonds. The number of hydrogen-bond donors (Lipinski definition) is 3. The number of ether oxygens (including phenoxy) is 4. The van der Waals surface area contributed by atoms with Crippen molar-refractivity contribution in [1.82, 2.24) is 0 Å². The zero-order chi connectivity index (χ0) is 74.4. The Hall–Kier alpha value is -2.46. The molecule has 0 saturated heterocycles. The fraction of sp³-hybridized carbons (Fsp3) is 0.902. The van der Waals surface area contributed by atoms with Gasteiger partial charge in [-0.3, -0.25) is 37.3 Å². The van der Waals surface area contributed by atoms with Crippen LogP contribution in [-0.2, 0) is 65.4 Å². The number of rotatable bonds is 78. The summed E-state index contributed by atoms with van der Waals surface area (Å²) in [6, 6.07) is 0. The van der Waals surface area contributed by atoms with Crippen LogP contribution in [0.1, 0.15) is 402 Å². The Morgan fingerprint density at radius 3 is 0.881 bits per heavy atom. The number of phosphoric ester groups is 2. The van der Waals surface area contributed by atoms with Gasteiger partial charge in [-0.15, -0.1) is 0 Å². The third-order valence-corrected chi connectivity index (χ3v) is 20.8. The quantitative estimate of drug-likeness (QED) is 0.0169. The minimum atomic E-state index is -4.97. The average molecular weight is 1480 g/mol. The van der Waals surface area contributed by atoms with Gasteiger partial charge in [0.25, 0.3) is 0 Å². The molecule has 0 rings (SSSR count). The number of carbonyl (C=O) groups excluding carboxylic acids is 4.